The van der Waals surface area contributed by atoms with E-state index in [9.17, 15) is 22.8 Å². The number of amides is 1. The molecule has 6 fully saturated rings. The Labute approximate surface area is 645 Å². The molecule has 1 N–H and O–H groups in total. The summed E-state index contributed by atoms with van der Waals surface area (Å²) in [5.74, 6) is 3.82. The van der Waals surface area contributed by atoms with Gasteiger partial charge in [0.2, 0.25) is 0 Å². The third kappa shape index (κ3) is 15.6. The number of fused-ring (bicyclic) bond motifs is 6. The van der Waals surface area contributed by atoms with Gasteiger partial charge >= 0.3 is 12.1 Å². The third-order valence-corrected chi connectivity index (χ3v) is 22.2. The molecule has 0 radical (unpaired) electrons. The lowest BCUT2D eigenvalue weighted by molar-refractivity contribution is -0.136. The number of alkyl halides is 3. The number of aromatic nitrogens is 7. The number of anilines is 8. The number of benzene rings is 5. The van der Waals surface area contributed by atoms with Crippen LogP contribution in [-0.4, -0.2) is 187 Å². The zero-order valence-corrected chi connectivity index (χ0v) is 62.4. The van der Waals surface area contributed by atoms with Crippen LogP contribution in [0, 0.1) is 0 Å². The van der Waals surface area contributed by atoms with Crippen molar-refractivity contribution in [3.63, 3.8) is 0 Å². The number of pyridine rings is 3. The van der Waals surface area contributed by atoms with Gasteiger partial charge in [0.15, 0.2) is 34.2 Å². The van der Waals surface area contributed by atoms with Gasteiger partial charge in [0.05, 0.1) is 81.6 Å². The fraction of sp³-hybridized carbons (Fsp3) is 0.311. The highest BCUT2D eigenvalue weighted by atomic mass is 35.5. The van der Waals surface area contributed by atoms with Crippen LogP contribution in [0.5, 0.6) is 0 Å². The molecule has 18 rings (SSSR count). The molecule has 2 atom stereocenters. The number of aromatic carboxylic acids is 1. The summed E-state index contributed by atoms with van der Waals surface area (Å²) in [7, 11) is 0. The van der Waals surface area contributed by atoms with Gasteiger partial charge in [-0.05, 0) is 115 Å². The first-order valence-electron chi connectivity index (χ1n) is 34.6. The topological polar surface area (TPSA) is 222 Å². The van der Waals surface area contributed by atoms with Crippen LogP contribution < -0.4 is 39.2 Å². The molecule has 0 spiro atoms. The number of carbonyl (C=O) groups excluding carboxylic acids is 1. The van der Waals surface area contributed by atoms with Gasteiger partial charge in [-0.3, -0.25) is 4.79 Å². The predicted molar refractivity (Wildman–Crippen MR) is 414 cm³/mol. The lowest BCUT2D eigenvalue weighted by Crippen LogP contribution is -2.54. The summed E-state index contributed by atoms with van der Waals surface area (Å²) in [4.78, 5) is 55.9. The molecule has 23 nitrogen and oxygen atoms in total. The second-order valence-electron chi connectivity index (χ2n) is 26.1. The second-order valence-corrected chi connectivity index (χ2v) is 29.4. The van der Waals surface area contributed by atoms with Gasteiger partial charge in [0, 0.05) is 146 Å². The number of ether oxygens (including phenoxy) is 1. The van der Waals surface area contributed by atoms with Crippen molar-refractivity contribution in [3.05, 3.63) is 193 Å². The molecule has 554 valence electrons. The zero-order chi connectivity index (χ0) is 74.0. The maximum atomic E-state index is 13.6. The van der Waals surface area contributed by atoms with Crippen LogP contribution in [0.4, 0.5) is 59.6 Å². The molecule has 6 aliphatic heterocycles. The van der Waals surface area contributed by atoms with Crippen LogP contribution in [0.25, 0.3) is 43.0 Å². The molecule has 107 heavy (non-hydrogen) atoms. The SMILES string of the molecule is Clc1ccc(N2CCN(c3noc4ccccc34)CC2)c(Cl)c1.Clc1cccnc1N1CCN(c2nsc3ccccc23)CC1.O=C(O)c1cnc(N2CC3CCC(C2)N3c2noc3cccc(C(F)(F)F)c23)c(Cl)c1.O=C(c1cnc(N2CCN(c3noc4cccc(Cl)c34)CC2)c(Cl)c1)N1CCOCC1. The van der Waals surface area contributed by atoms with Crippen LogP contribution in [0.3, 0.4) is 0 Å². The smallest absolute Gasteiger partial charge is 0.417 e. The summed E-state index contributed by atoms with van der Waals surface area (Å²) in [5.41, 5.74) is 2.35. The number of carbonyl (C=O) groups is 2. The van der Waals surface area contributed by atoms with Crippen molar-refractivity contribution in [2.45, 2.75) is 31.1 Å². The number of rotatable bonds is 10. The molecule has 12 aromatic rings. The summed E-state index contributed by atoms with van der Waals surface area (Å²) < 4.78 is 68.1. The van der Waals surface area contributed by atoms with Crippen molar-refractivity contribution in [1.29, 1.82) is 0 Å². The lowest BCUT2D eigenvalue weighted by atomic mass is 10.1. The Kier molecular flexibility index (Phi) is 21.8. The first-order chi connectivity index (χ1) is 51.9. The van der Waals surface area contributed by atoms with E-state index in [1.165, 1.54) is 34.5 Å². The van der Waals surface area contributed by atoms with Gasteiger partial charge in [0.25, 0.3) is 5.91 Å². The monoisotopic (exact) mass is 1590 g/mol. The minimum Gasteiger partial charge on any atom is -0.478 e. The van der Waals surface area contributed by atoms with E-state index in [4.69, 9.17) is 93.0 Å². The first kappa shape index (κ1) is 73.2. The van der Waals surface area contributed by atoms with E-state index in [1.807, 2.05) is 76.5 Å². The van der Waals surface area contributed by atoms with Gasteiger partial charge in [-0.25, -0.2) is 19.7 Å². The molecule has 6 aliphatic rings. The Morgan fingerprint density at radius 3 is 1.64 bits per heavy atom. The Balaban J connectivity index is 0.000000115. The van der Waals surface area contributed by atoms with Crippen LogP contribution in [0.2, 0.25) is 30.1 Å². The summed E-state index contributed by atoms with van der Waals surface area (Å²) in [6.07, 6.45) is 1.67. The van der Waals surface area contributed by atoms with E-state index in [2.05, 4.69) is 88.5 Å². The predicted octanol–water partition coefficient (Wildman–Crippen LogP) is 15.9. The molecule has 0 aliphatic carbocycles. The van der Waals surface area contributed by atoms with Crippen LogP contribution in [-0.2, 0) is 10.9 Å². The normalized spacial score (nSPS) is 17.7. The number of halogens is 9. The number of piperazine rings is 4. The summed E-state index contributed by atoms with van der Waals surface area (Å²) in [6, 6.07) is 38.0. The van der Waals surface area contributed by atoms with Gasteiger partial charge in [-0.15, -0.1) is 0 Å². The molecular formula is C74H67Cl6F3N16O7S. The Hall–Kier alpha value is -9.32. The average molecular weight is 1590 g/mol. The number of carboxylic acid groups (broad SMARTS) is 1. The Morgan fingerprint density at radius 1 is 0.467 bits per heavy atom. The molecule has 5 aromatic carbocycles. The molecule has 2 unspecified atom stereocenters. The lowest BCUT2D eigenvalue weighted by Gasteiger charge is -2.42. The van der Waals surface area contributed by atoms with Gasteiger partial charge < -0.3 is 67.5 Å². The Morgan fingerprint density at radius 2 is 0.991 bits per heavy atom. The van der Waals surface area contributed by atoms with E-state index in [0.717, 1.165) is 135 Å². The number of para-hydroxylation sites is 1. The Bertz CT molecular complexity index is 5190. The van der Waals surface area contributed by atoms with Gasteiger partial charge in [-0.1, -0.05) is 121 Å². The van der Waals surface area contributed by atoms with Crippen molar-refractivity contribution in [2.24, 2.45) is 0 Å². The fourth-order valence-corrected chi connectivity index (χ4v) is 16.8. The molecule has 13 heterocycles. The van der Waals surface area contributed by atoms with Crippen molar-refractivity contribution in [3.8, 4) is 0 Å². The minimum absolute atomic E-state index is 0.0101. The molecule has 33 heteroatoms. The van der Waals surface area contributed by atoms with Crippen molar-refractivity contribution in [1.82, 2.24) is 39.7 Å². The zero-order valence-electron chi connectivity index (χ0n) is 57.0. The quantitative estimate of drug-likeness (QED) is 0.134. The third-order valence-electron chi connectivity index (χ3n) is 19.7. The highest BCUT2D eigenvalue weighted by Crippen LogP contribution is 2.45. The number of nitrogens with zero attached hydrogens (tertiary/aromatic N) is 16. The van der Waals surface area contributed by atoms with Gasteiger partial charge in [0.1, 0.15) is 23.3 Å². The minimum atomic E-state index is -4.52. The standard InChI is InChI=1S/C21H21Cl2N5O3.C20H16ClF3N4O3.C17H15Cl2N3O.C16H15ClN4S/c22-15-2-1-3-17-18(15)20(25-31-17)27-6-4-26(5-7-27)19-16(23)12-14(13-24-19)21(29)28-8-10-30-11-9-28;21-14-6-10(19(29)30)7-25-17(14)27-8-11-4-5-12(9-27)28(11)18-16-13(20(22,23)24)2-1-3-15(16)31-26-18;18-12-5-6-15(14(19)11-12)21-7-9-22(10-8-21)17-13-3-1-2-4-16(13)23-20-17;17-13-5-3-7-18-16(13)21-10-8-20(9-11-21)15-12-4-1-2-6-14(12)22-19-15/h1-3,12-13H,4-11H2;1-3,6-7,11-12H,4-5,8-9H2,(H,29,30);1-6,11H,7-10H2;1-7H,8-11H2. The molecule has 0 saturated carbocycles. The number of hydrogen-bond donors (Lipinski definition) is 1. The van der Waals surface area contributed by atoms with Crippen molar-refractivity contribution in [2.75, 3.05) is 157 Å². The maximum Gasteiger partial charge on any atom is 0.417 e. The van der Waals surface area contributed by atoms with E-state index in [0.29, 0.717) is 95.4 Å². The van der Waals surface area contributed by atoms with Crippen LogP contribution in [0.15, 0.2) is 160 Å². The number of carboxylic acids is 1. The van der Waals surface area contributed by atoms with E-state index >= 15 is 0 Å². The summed E-state index contributed by atoms with van der Waals surface area (Å²) >= 11 is 39.3. The van der Waals surface area contributed by atoms with Crippen LogP contribution >= 0.6 is 81.1 Å². The molecule has 6 saturated heterocycles. The summed E-state index contributed by atoms with van der Waals surface area (Å²) in [6.45, 7) is 13.3. The van der Waals surface area contributed by atoms with E-state index < -0.39 is 17.7 Å². The number of hydrogen-bond acceptors (Lipinski definition) is 22. The second kappa shape index (κ2) is 31.9. The van der Waals surface area contributed by atoms with E-state index in [-0.39, 0.29) is 45.4 Å². The fourth-order valence-electron chi connectivity index (χ4n) is 14.4. The number of morpholine rings is 1. The first-order valence-corrected chi connectivity index (χ1v) is 37.6. The molecular weight excluding hydrogens is 1530 g/mol. The largest absolute Gasteiger partial charge is 0.478 e. The molecule has 1 amide bonds. The average Bonchev–Trinajstić information content (AvgIpc) is 1.62. The highest BCUT2D eigenvalue weighted by Gasteiger charge is 2.45. The van der Waals surface area contributed by atoms with Crippen molar-refractivity contribution < 1.29 is 46.2 Å². The highest BCUT2D eigenvalue weighted by molar-refractivity contribution is 7.13. The summed E-state index contributed by atoms with van der Waals surface area (Å²) in [5, 5.41) is 28.1. The van der Waals surface area contributed by atoms with Gasteiger partial charge in [-0.2, -0.15) is 17.5 Å². The molecule has 7 aromatic heterocycles. The van der Waals surface area contributed by atoms with Crippen LogP contribution in [0.1, 0.15) is 39.1 Å². The maximum absolute atomic E-state index is 13.6. The molecule has 2 bridgehead atoms. The van der Waals surface area contributed by atoms with Crippen molar-refractivity contribution >= 4 is 182 Å². The van der Waals surface area contributed by atoms with E-state index in [1.54, 1.807) is 41.0 Å².